The van der Waals surface area contributed by atoms with Crippen LogP contribution < -0.4 is 4.74 Å². The van der Waals surface area contributed by atoms with Crippen LogP contribution in [0.2, 0.25) is 0 Å². The Hall–Kier alpha value is -3.41. The van der Waals surface area contributed by atoms with Gasteiger partial charge in [0.2, 0.25) is 0 Å². The average Bonchev–Trinajstić information content (AvgIpc) is 3.28. The summed E-state index contributed by atoms with van der Waals surface area (Å²) in [4.78, 5) is 27.6. The lowest BCUT2D eigenvalue weighted by atomic mass is 9.87. The molecule has 0 spiro atoms. The van der Waals surface area contributed by atoms with Crippen molar-refractivity contribution in [2.75, 3.05) is 20.2 Å². The van der Waals surface area contributed by atoms with Gasteiger partial charge in [-0.1, -0.05) is 41.1 Å². The molecular formula is C25H26N2O4. The minimum atomic E-state index is -0.178. The number of para-hydroxylation sites is 1. The minimum Gasteiger partial charge on any atom is -0.496 e. The number of ether oxygens (including phenoxy) is 1. The molecule has 1 aliphatic heterocycles. The van der Waals surface area contributed by atoms with Crippen molar-refractivity contribution in [3.05, 3.63) is 70.9 Å². The maximum absolute atomic E-state index is 13.0. The highest BCUT2D eigenvalue weighted by Gasteiger charge is 2.30. The molecule has 0 radical (unpaired) electrons. The summed E-state index contributed by atoms with van der Waals surface area (Å²) in [5.41, 5.74) is 3.95. The van der Waals surface area contributed by atoms with Crippen LogP contribution in [0.3, 0.4) is 0 Å². The first-order valence-electron chi connectivity index (χ1n) is 10.5. The second kappa shape index (κ2) is 8.76. The number of likely N-dealkylation sites (tertiary alicyclic amines) is 1. The highest BCUT2D eigenvalue weighted by atomic mass is 16.5. The third-order valence-electron chi connectivity index (χ3n) is 5.90. The molecular weight excluding hydrogens is 392 g/mol. The monoisotopic (exact) mass is 418 g/mol. The quantitative estimate of drug-likeness (QED) is 0.562. The number of ketones is 1. The molecule has 2 aromatic carbocycles. The summed E-state index contributed by atoms with van der Waals surface area (Å²) < 4.78 is 10.8. The standard InChI is InChI=1S/C25H26N2O4/c1-16-8-9-19(17(2)14-16)24(28)18-10-12-27(13-11-18)25(29)21-15-23(31-26-21)20-6-4-5-7-22(20)30-3/h4-9,14-15,18H,10-13H2,1-3H3. The summed E-state index contributed by atoms with van der Waals surface area (Å²) in [6, 6.07) is 15.0. The molecule has 0 saturated carbocycles. The zero-order valence-electron chi connectivity index (χ0n) is 18.1. The van der Waals surface area contributed by atoms with Gasteiger partial charge in [-0.05, 0) is 44.4 Å². The van der Waals surface area contributed by atoms with Crippen LogP contribution in [0.15, 0.2) is 53.1 Å². The molecule has 1 saturated heterocycles. The Morgan fingerprint density at radius 2 is 1.81 bits per heavy atom. The van der Waals surface area contributed by atoms with Crippen molar-refractivity contribution < 1.29 is 18.8 Å². The van der Waals surface area contributed by atoms with Crippen LogP contribution in [0.4, 0.5) is 0 Å². The fraction of sp³-hybridized carbons (Fsp3) is 0.320. The lowest BCUT2D eigenvalue weighted by Gasteiger charge is -2.31. The van der Waals surface area contributed by atoms with E-state index in [4.69, 9.17) is 9.26 Å². The van der Waals surface area contributed by atoms with Crippen molar-refractivity contribution in [3.8, 4) is 17.1 Å². The summed E-state index contributed by atoms with van der Waals surface area (Å²) in [6.07, 6.45) is 1.30. The lowest BCUT2D eigenvalue weighted by Crippen LogP contribution is -2.40. The molecule has 0 N–H and O–H groups in total. The Bertz CT molecular complexity index is 1110. The molecule has 6 heteroatoms. The van der Waals surface area contributed by atoms with E-state index in [1.807, 2.05) is 56.3 Å². The molecule has 0 aliphatic carbocycles. The number of benzene rings is 2. The molecule has 0 bridgehead atoms. The summed E-state index contributed by atoms with van der Waals surface area (Å²) in [5, 5.41) is 3.98. The van der Waals surface area contributed by atoms with Gasteiger partial charge in [-0.2, -0.15) is 0 Å². The van der Waals surface area contributed by atoms with Crippen molar-refractivity contribution in [2.45, 2.75) is 26.7 Å². The molecule has 0 unspecified atom stereocenters. The first-order valence-corrected chi connectivity index (χ1v) is 10.5. The maximum atomic E-state index is 13.0. The van der Waals surface area contributed by atoms with Gasteiger partial charge in [0.25, 0.3) is 5.91 Å². The van der Waals surface area contributed by atoms with E-state index in [1.165, 1.54) is 0 Å². The van der Waals surface area contributed by atoms with Gasteiger partial charge < -0.3 is 14.2 Å². The number of amides is 1. The van der Waals surface area contributed by atoms with E-state index in [0.29, 0.717) is 37.4 Å². The molecule has 3 aromatic rings. The van der Waals surface area contributed by atoms with E-state index in [9.17, 15) is 9.59 Å². The molecule has 0 atom stereocenters. The van der Waals surface area contributed by atoms with Crippen LogP contribution in [0.5, 0.6) is 5.75 Å². The van der Waals surface area contributed by atoms with E-state index in [1.54, 1.807) is 18.1 Å². The predicted molar refractivity (Wildman–Crippen MR) is 117 cm³/mol. The summed E-state index contributed by atoms with van der Waals surface area (Å²) in [6.45, 7) is 5.05. The molecule has 2 heterocycles. The van der Waals surface area contributed by atoms with Crippen LogP contribution in [-0.4, -0.2) is 41.9 Å². The Kier molecular flexibility index (Phi) is 5.89. The Morgan fingerprint density at radius 1 is 1.06 bits per heavy atom. The van der Waals surface area contributed by atoms with E-state index in [2.05, 4.69) is 5.16 Å². The number of methoxy groups -OCH3 is 1. The Labute approximate surface area is 181 Å². The molecule has 1 fully saturated rings. The number of rotatable bonds is 5. The predicted octanol–water partition coefficient (Wildman–Crippen LogP) is 4.70. The van der Waals surface area contributed by atoms with Crippen molar-refractivity contribution in [1.29, 1.82) is 0 Å². The number of hydrogen-bond acceptors (Lipinski definition) is 5. The third-order valence-corrected chi connectivity index (χ3v) is 5.90. The van der Waals surface area contributed by atoms with E-state index >= 15 is 0 Å². The first kappa shape index (κ1) is 20.8. The fourth-order valence-corrected chi connectivity index (χ4v) is 4.17. The van der Waals surface area contributed by atoms with Crippen molar-refractivity contribution in [3.63, 3.8) is 0 Å². The third kappa shape index (κ3) is 4.24. The van der Waals surface area contributed by atoms with Gasteiger partial charge in [-0.15, -0.1) is 0 Å². The smallest absolute Gasteiger partial charge is 0.276 e. The van der Waals surface area contributed by atoms with Crippen molar-refractivity contribution in [2.24, 2.45) is 5.92 Å². The van der Waals surface area contributed by atoms with E-state index < -0.39 is 0 Å². The number of piperidine rings is 1. The normalized spacial score (nSPS) is 14.5. The van der Waals surface area contributed by atoms with Gasteiger partial charge in [0.1, 0.15) is 5.75 Å². The number of aryl methyl sites for hydroxylation is 2. The molecule has 1 aliphatic rings. The number of carbonyl (C=O) groups is 2. The maximum Gasteiger partial charge on any atom is 0.276 e. The molecule has 1 amide bonds. The largest absolute Gasteiger partial charge is 0.496 e. The lowest BCUT2D eigenvalue weighted by molar-refractivity contribution is 0.0642. The molecule has 6 nitrogen and oxygen atoms in total. The van der Waals surface area contributed by atoms with Gasteiger partial charge in [-0.25, -0.2) is 0 Å². The number of aromatic nitrogens is 1. The second-order valence-electron chi connectivity index (χ2n) is 8.03. The van der Waals surface area contributed by atoms with E-state index in [-0.39, 0.29) is 23.3 Å². The zero-order valence-corrected chi connectivity index (χ0v) is 18.1. The summed E-state index contributed by atoms with van der Waals surface area (Å²) in [5.74, 6) is 1.07. The van der Waals surface area contributed by atoms with Crippen LogP contribution in [0.1, 0.15) is 44.8 Å². The number of hydrogen-bond donors (Lipinski definition) is 0. The molecule has 1 aromatic heterocycles. The first-order chi connectivity index (χ1) is 15.0. The molecule has 160 valence electrons. The van der Waals surface area contributed by atoms with Gasteiger partial charge >= 0.3 is 0 Å². The van der Waals surface area contributed by atoms with Gasteiger partial charge in [0, 0.05) is 30.6 Å². The SMILES string of the molecule is COc1ccccc1-c1cc(C(=O)N2CCC(C(=O)c3ccc(C)cc3C)CC2)no1. The number of Topliss-reactive ketones (excluding diaryl/α,β-unsaturated/α-hetero) is 1. The number of nitrogens with zero attached hydrogens (tertiary/aromatic N) is 2. The second-order valence-corrected chi connectivity index (χ2v) is 8.03. The molecule has 31 heavy (non-hydrogen) atoms. The highest BCUT2D eigenvalue weighted by molar-refractivity contribution is 5.99. The van der Waals surface area contributed by atoms with Crippen LogP contribution in [-0.2, 0) is 0 Å². The van der Waals surface area contributed by atoms with Crippen molar-refractivity contribution in [1.82, 2.24) is 10.1 Å². The van der Waals surface area contributed by atoms with Crippen LogP contribution in [0.25, 0.3) is 11.3 Å². The number of carbonyl (C=O) groups excluding carboxylic acids is 2. The molecule has 4 rings (SSSR count). The zero-order chi connectivity index (χ0) is 22.0. The summed E-state index contributed by atoms with van der Waals surface area (Å²) in [7, 11) is 1.59. The Balaban J connectivity index is 1.42. The topological polar surface area (TPSA) is 72.6 Å². The summed E-state index contributed by atoms with van der Waals surface area (Å²) >= 11 is 0. The average molecular weight is 418 g/mol. The van der Waals surface area contributed by atoms with Crippen molar-refractivity contribution >= 4 is 11.7 Å². The highest BCUT2D eigenvalue weighted by Crippen LogP contribution is 2.31. The van der Waals surface area contributed by atoms with Gasteiger partial charge in [0.15, 0.2) is 17.2 Å². The van der Waals surface area contributed by atoms with Crippen LogP contribution in [0, 0.1) is 19.8 Å². The van der Waals surface area contributed by atoms with E-state index in [0.717, 1.165) is 22.3 Å². The fourth-order valence-electron chi connectivity index (χ4n) is 4.17. The minimum absolute atomic E-state index is 0.0631. The Morgan fingerprint density at radius 3 is 2.52 bits per heavy atom. The van der Waals surface area contributed by atoms with Gasteiger partial charge in [0.05, 0.1) is 12.7 Å². The van der Waals surface area contributed by atoms with Crippen LogP contribution >= 0.6 is 0 Å². The van der Waals surface area contributed by atoms with Gasteiger partial charge in [-0.3, -0.25) is 9.59 Å².